The third kappa shape index (κ3) is 9.28. The third-order valence-corrected chi connectivity index (χ3v) is 7.94. The Morgan fingerprint density at radius 1 is 1.18 bits per heavy atom. The number of alkyl halides is 2. The van der Waals surface area contributed by atoms with Gasteiger partial charge in [0.05, 0.1) is 12.2 Å². The molecule has 12 nitrogen and oxygen atoms in total. The average molecular weight is 732 g/mol. The van der Waals surface area contributed by atoms with E-state index in [0.29, 0.717) is 11.0 Å². The van der Waals surface area contributed by atoms with Gasteiger partial charge >= 0.3 is 6.09 Å². The molecule has 2 aromatic carbocycles. The first kappa shape index (κ1) is 38.5. The Morgan fingerprint density at radius 3 is 2.35 bits per heavy atom. The summed E-state index contributed by atoms with van der Waals surface area (Å²) in [6.07, 6.45) is -1.43. The lowest BCUT2D eigenvalue weighted by atomic mass is 9.87. The number of nitriles is 1. The van der Waals surface area contributed by atoms with Crippen molar-refractivity contribution in [2.24, 2.45) is 9.98 Å². The highest BCUT2D eigenvalue weighted by molar-refractivity contribution is 6.31. The second-order valence-corrected chi connectivity index (χ2v) is 13.2. The van der Waals surface area contributed by atoms with Gasteiger partial charge in [0.2, 0.25) is 17.8 Å². The zero-order valence-electron chi connectivity index (χ0n) is 28.0. The molecule has 1 aliphatic carbocycles. The Kier molecular flexibility index (Phi) is 11.5. The van der Waals surface area contributed by atoms with Crippen LogP contribution in [0.1, 0.15) is 52.1 Å². The molecule has 1 aliphatic heterocycles. The van der Waals surface area contributed by atoms with Gasteiger partial charge < -0.3 is 10.1 Å². The topological polar surface area (TPSA) is 148 Å². The molecule has 1 saturated heterocycles. The van der Waals surface area contributed by atoms with Gasteiger partial charge in [0, 0.05) is 41.7 Å². The number of hydrogen-bond acceptors (Lipinski definition) is 7. The van der Waals surface area contributed by atoms with Gasteiger partial charge in [-0.3, -0.25) is 29.1 Å². The van der Waals surface area contributed by atoms with Crippen molar-refractivity contribution < 1.29 is 41.5 Å². The van der Waals surface area contributed by atoms with E-state index in [9.17, 15) is 37.2 Å². The number of amides is 4. The van der Waals surface area contributed by atoms with Gasteiger partial charge in [-0.25, -0.2) is 32.3 Å². The molecule has 0 unspecified atom stereocenters. The van der Waals surface area contributed by atoms with E-state index in [0.717, 1.165) is 28.1 Å². The van der Waals surface area contributed by atoms with Gasteiger partial charge in [0.1, 0.15) is 47.6 Å². The van der Waals surface area contributed by atoms with Gasteiger partial charge in [0.15, 0.2) is 0 Å². The summed E-state index contributed by atoms with van der Waals surface area (Å²) < 4.78 is 62.8. The lowest BCUT2D eigenvalue weighted by Gasteiger charge is -2.43. The zero-order chi connectivity index (χ0) is 37.8. The minimum atomic E-state index is -3.05. The van der Waals surface area contributed by atoms with Crippen LogP contribution in [0.4, 0.5) is 28.0 Å². The van der Waals surface area contributed by atoms with E-state index in [4.69, 9.17) is 16.3 Å². The second kappa shape index (κ2) is 15.3. The number of anilines is 1. The summed E-state index contributed by atoms with van der Waals surface area (Å²) in [5.74, 6) is -9.06. The molecule has 2 fully saturated rings. The molecule has 2 aliphatic rings. The highest BCUT2D eigenvalue weighted by Gasteiger charge is 2.49. The van der Waals surface area contributed by atoms with Crippen LogP contribution < -0.4 is 10.2 Å². The summed E-state index contributed by atoms with van der Waals surface area (Å²) in [6.45, 7) is 8.23. The summed E-state index contributed by atoms with van der Waals surface area (Å²) in [4.78, 5) is 66.7. The minimum Gasteiger partial charge on any atom is -0.444 e. The molecule has 270 valence electrons. The monoisotopic (exact) mass is 731 g/mol. The maximum absolute atomic E-state index is 15.1. The van der Waals surface area contributed by atoms with Crippen LogP contribution in [0.3, 0.4) is 0 Å². The fourth-order valence-corrected chi connectivity index (χ4v) is 5.69. The first-order valence-corrected chi connectivity index (χ1v) is 15.9. The van der Waals surface area contributed by atoms with Crippen LogP contribution in [0.15, 0.2) is 65.2 Å². The molecule has 0 bridgehead atoms. The van der Waals surface area contributed by atoms with E-state index in [2.05, 4.69) is 21.9 Å². The summed E-state index contributed by atoms with van der Waals surface area (Å²) in [5.41, 5.74) is -1.83. The molecule has 17 heteroatoms. The predicted molar refractivity (Wildman–Crippen MR) is 179 cm³/mol. The number of rotatable bonds is 7. The van der Waals surface area contributed by atoms with Crippen LogP contribution in [-0.2, 0) is 19.1 Å². The lowest BCUT2D eigenvalue weighted by Crippen LogP contribution is -2.65. The number of piperazine rings is 1. The van der Waals surface area contributed by atoms with E-state index in [-0.39, 0.29) is 16.3 Å². The van der Waals surface area contributed by atoms with E-state index in [1.807, 2.05) is 0 Å². The quantitative estimate of drug-likeness (QED) is 0.225. The zero-order valence-corrected chi connectivity index (χ0v) is 28.8. The molecule has 0 spiro atoms. The van der Waals surface area contributed by atoms with E-state index < -0.39 is 103 Å². The van der Waals surface area contributed by atoms with Crippen LogP contribution >= 0.6 is 11.6 Å². The Balaban J connectivity index is 1.96. The molecule has 1 saturated carbocycles. The van der Waals surface area contributed by atoms with E-state index in [1.165, 1.54) is 31.2 Å². The van der Waals surface area contributed by atoms with Gasteiger partial charge in [-0.2, -0.15) is 5.26 Å². The van der Waals surface area contributed by atoms with Gasteiger partial charge in [-0.1, -0.05) is 36.4 Å². The SMILES string of the molecule is C=CN=C(N=C(C)C#N)N1C(=O)CN(C(=O)OC(C)(C)C)C[C@H]1C(=O)N(c1cc(F)cc(F)c1)[C@H](C(=O)NC1CC(F)(F)C1)c1ccccc1Cl. The number of ether oxygens (including phenoxy) is 1. The van der Waals surface area contributed by atoms with Crippen molar-refractivity contribution in [3.8, 4) is 6.07 Å². The molecule has 51 heavy (non-hydrogen) atoms. The average Bonchev–Trinajstić information content (AvgIpc) is 3.00. The van der Waals surface area contributed by atoms with Crippen LogP contribution in [0.5, 0.6) is 0 Å². The Morgan fingerprint density at radius 2 is 1.80 bits per heavy atom. The maximum atomic E-state index is 15.1. The highest BCUT2D eigenvalue weighted by atomic mass is 35.5. The molecule has 1 N–H and O–H groups in total. The maximum Gasteiger partial charge on any atom is 0.410 e. The number of benzene rings is 2. The van der Waals surface area contributed by atoms with Crippen LogP contribution in [0.2, 0.25) is 5.02 Å². The molecule has 2 atom stereocenters. The van der Waals surface area contributed by atoms with E-state index >= 15 is 4.79 Å². The van der Waals surface area contributed by atoms with Crippen LogP contribution in [0.25, 0.3) is 0 Å². The number of carbonyl (C=O) groups is 4. The van der Waals surface area contributed by atoms with Crippen molar-refractivity contribution in [3.63, 3.8) is 0 Å². The fraction of sp³-hybridized carbons (Fsp3) is 0.382. The predicted octanol–water partition coefficient (Wildman–Crippen LogP) is 5.54. The summed E-state index contributed by atoms with van der Waals surface area (Å²) >= 11 is 6.52. The van der Waals surface area contributed by atoms with Gasteiger partial charge in [-0.05, 0) is 45.9 Å². The van der Waals surface area contributed by atoms with Crippen molar-refractivity contribution >= 4 is 52.8 Å². The molecular weight excluding hydrogens is 698 g/mol. The highest BCUT2D eigenvalue weighted by Crippen LogP contribution is 2.39. The summed E-state index contributed by atoms with van der Waals surface area (Å²) in [5, 5.41) is 11.8. The largest absolute Gasteiger partial charge is 0.444 e. The van der Waals surface area contributed by atoms with E-state index in [1.54, 1.807) is 26.8 Å². The first-order valence-electron chi connectivity index (χ1n) is 15.5. The first-order chi connectivity index (χ1) is 23.8. The van der Waals surface area contributed by atoms with Crippen molar-refractivity contribution in [3.05, 3.63) is 77.5 Å². The minimum absolute atomic E-state index is 0.0724. The Labute approximate surface area is 296 Å². The molecule has 4 rings (SSSR count). The summed E-state index contributed by atoms with van der Waals surface area (Å²) in [7, 11) is 0. The van der Waals surface area contributed by atoms with Gasteiger partial charge in [0.25, 0.3) is 11.8 Å². The molecule has 1 heterocycles. The van der Waals surface area contributed by atoms with Gasteiger partial charge in [-0.15, -0.1) is 0 Å². The number of halogens is 5. The molecule has 0 aromatic heterocycles. The molecule has 2 aromatic rings. The Bertz CT molecular complexity index is 1810. The van der Waals surface area contributed by atoms with Crippen molar-refractivity contribution in [1.82, 2.24) is 15.1 Å². The Hall–Kier alpha value is -5.30. The number of hydrogen-bond donors (Lipinski definition) is 1. The number of nitrogens with zero attached hydrogens (tertiary/aromatic N) is 6. The molecular formula is C34H34ClF4N7O5. The molecule has 0 radical (unpaired) electrons. The standard InChI is InChI=1S/C34H34ClF4N7O5/c1-6-41-31(42-19(2)16-40)46-26(17-44(18-27(46)47)32(50)51-33(3,4)5)30(49)45(23-12-20(36)11-21(37)13-23)28(24-9-7-8-10-25(24)35)29(48)43-22-14-34(38,39)15-22/h6-13,22,26,28H,1,14-15,17-18H2,2-5H3,(H,43,48)/t26-,28-/m0/s1. The smallest absolute Gasteiger partial charge is 0.410 e. The lowest BCUT2D eigenvalue weighted by molar-refractivity contribution is -0.141. The number of aliphatic imine (C=N–C) groups is 2. The second-order valence-electron chi connectivity index (χ2n) is 12.8. The third-order valence-electron chi connectivity index (χ3n) is 7.59. The normalized spacial score (nSPS) is 18.7. The number of carbonyl (C=O) groups excluding carboxylic acids is 4. The fourth-order valence-electron chi connectivity index (χ4n) is 5.46. The van der Waals surface area contributed by atoms with Crippen molar-refractivity contribution in [1.29, 1.82) is 5.26 Å². The van der Waals surface area contributed by atoms with Crippen LogP contribution in [0, 0.1) is 23.0 Å². The van der Waals surface area contributed by atoms with Crippen molar-refractivity contribution in [2.45, 2.75) is 70.2 Å². The van der Waals surface area contributed by atoms with Crippen LogP contribution in [-0.4, -0.2) is 82.0 Å². The van der Waals surface area contributed by atoms with Crippen molar-refractivity contribution in [2.75, 3.05) is 18.0 Å². The summed E-state index contributed by atoms with van der Waals surface area (Å²) in [6, 6.07) is 4.72. The number of guanidine groups is 1. The molecule has 4 amide bonds. The number of nitrogens with one attached hydrogen (secondary N) is 1.